The van der Waals surface area contributed by atoms with Gasteiger partial charge in [0.15, 0.2) is 0 Å². The summed E-state index contributed by atoms with van der Waals surface area (Å²) in [5.74, 6) is 0.593. The van der Waals surface area contributed by atoms with Crippen LogP contribution in [0.15, 0.2) is 41.8 Å². The number of carbonyl (C=O) groups excluding carboxylic acids is 1. The van der Waals surface area contributed by atoms with Crippen molar-refractivity contribution in [3.05, 3.63) is 57.8 Å². The van der Waals surface area contributed by atoms with E-state index in [4.69, 9.17) is 0 Å². The zero-order valence-corrected chi connectivity index (χ0v) is 14.2. The van der Waals surface area contributed by atoms with Crippen molar-refractivity contribution in [1.82, 2.24) is 10.6 Å². The van der Waals surface area contributed by atoms with Gasteiger partial charge in [-0.05, 0) is 41.5 Å². The Kier molecular flexibility index (Phi) is 6.16. The van der Waals surface area contributed by atoms with E-state index in [1.54, 1.807) is 18.4 Å². The molecule has 1 aromatic heterocycles. The van der Waals surface area contributed by atoms with E-state index in [9.17, 15) is 4.79 Å². The lowest BCUT2D eigenvalue weighted by Crippen LogP contribution is -2.22. The van der Waals surface area contributed by atoms with Gasteiger partial charge >= 0.3 is 0 Å². The molecule has 118 valence electrons. The molecule has 0 unspecified atom stereocenters. The number of hydrogen-bond acceptors (Lipinski definition) is 3. The van der Waals surface area contributed by atoms with Gasteiger partial charge in [0.05, 0.1) is 0 Å². The van der Waals surface area contributed by atoms with Gasteiger partial charge in [-0.3, -0.25) is 4.79 Å². The minimum atomic E-state index is -0.0427. The third kappa shape index (κ3) is 4.68. The van der Waals surface area contributed by atoms with Crippen molar-refractivity contribution >= 4 is 17.2 Å². The lowest BCUT2D eigenvalue weighted by Gasteiger charge is -2.20. The van der Waals surface area contributed by atoms with Crippen LogP contribution in [0.2, 0.25) is 0 Å². The molecule has 0 saturated carbocycles. The van der Waals surface area contributed by atoms with E-state index in [1.807, 2.05) is 18.2 Å². The molecule has 1 aromatic carbocycles. The van der Waals surface area contributed by atoms with Gasteiger partial charge in [0.1, 0.15) is 0 Å². The molecular formula is C18H24N2OS. The molecule has 0 bridgehead atoms. The number of amides is 1. The maximum absolute atomic E-state index is 11.7. The molecule has 1 heterocycles. The zero-order chi connectivity index (χ0) is 15.9. The SMILES string of the molecule is CNC(=O)c1cccc(CN[C@@H](CC(C)C)c2cccs2)c1. The molecule has 4 heteroatoms. The summed E-state index contributed by atoms with van der Waals surface area (Å²) in [5, 5.41) is 8.42. The highest BCUT2D eigenvalue weighted by Gasteiger charge is 2.14. The van der Waals surface area contributed by atoms with E-state index in [2.05, 4.69) is 48.1 Å². The van der Waals surface area contributed by atoms with Gasteiger partial charge in [-0.1, -0.05) is 32.0 Å². The number of thiophene rings is 1. The monoisotopic (exact) mass is 316 g/mol. The summed E-state index contributed by atoms with van der Waals surface area (Å²) >= 11 is 1.79. The fourth-order valence-electron chi connectivity index (χ4n) is 2.47. The first kappa shape index (κ1) is 16.7. The van der Waals surface area contributed by atoms with Crippen LogP contribution in [0.4, 0.5) is 0 Å². The lowest BCUT2D eigenvalue weighted by molar-refractivity contribution is 0.0963. The summed E-state index contributed by atoms with van der Waals surface area (Å²) in [5.41, 5.74) is 1.84. The van der Waals surface area contributed by atoms with Gasteiger partial charge in [0.25, 0.3) is 5.91 Å². The third-order valence-electron chi connectivity index (χ3n) is 3.56. The third-order valence-corrected chi connectivity index (χ3v) is 4.55. The van der Waals surface area contributed by atoms with E-state index in [1.165, 1.54) is 4.88 Å². The maximum Gasteiger partial charge on any atom is 0.251 e. The summed E-state index contributed by atoms with van der Waals surface area (Å²) in [6.45, 7) is 5.25. The number of carbonyl (C=O) groups is 1. The molecule has 22 heavy (non-hydrogen) atoms. The molecule has 0 aliphatic rings. The number of rotatable bonds is 7. The molecule has 2 rings (SSSR count). The fraction of sp³-hybridized carbons (Fsp3) is 0.389. The normalized spacial score (nSPS) is 12.4. The highest BCUT2D eigenvalue weighted by molar-refractivity contribution is 7.10. The average Bonchev–Trinajstić information content (AvgIpc) is 3.05. The molecule has 1 amide bonds. The van der Waals surface area contributed by atoms with Crippen molar-refractivity contribution in [2.45, 2.75) is 32.9 Å². The van der Waals surface area contributed by atoms with Crippen molar-refractivity contribution < 1.29 is 4.79 Å². The van der Waals surface area contributed by atoms with Gasteiger partial charge in [-0.15, -0.1) is 11.3 Å². The Morgan fingerprint density at radius 1 is 1.23 bits per heavy atom. The Hall–Kier alpha value is -1.65. The lowest BCUT2D eigenvalue weighted by atomic mass is 10.0. The highest BCUT2D eigenvalue weighted by Crippen LogP contribution is 2.25. The molecule has 0 aliphatic carbocycles. The van der Waals surface area contributed by atoms with Gasteiger partial charge in [0.2, 0.25) is 0 Å². The van der Waals surface area contributed by atoms with Crippen LogP contribution in [0.1, 0.15) is 47.1 Å². The molecule has 2 aromatic rings. The Bertz CT molecular complexity index is 593. The van der Waals surface area contributed by atoms with Crippen LogP contribution >= 0.6 is 11.3 Å². The summed E-state index contributed by atoms with van der Waals surface area (Å²) in [6, 6.07) is 12.4. The molecule has 0 radical (unpaired) electrons. The minimum Gasteiger partial charge on any atom is -0.355 e. The molecular weight excluding hydrogens is 292 g/mol. The summed E-state index contributed by atoms with van der Waals surface area (Å²) in [7, 11) is 1.66. The fourth-order valence-corrected chi connectivity index (χ4v) is 3.28. The van der Waals surface area contributed by atoms with Crippen LogP contribution in [-0.2, 0) is 6.54 Å². The van der Waals surface area contributed by atoms with E-state index in [-0.39, 0.29) is 5.91 Å². The molecule has 0 spiro atoms. The van der Waals surface area contributed by atoms with Crippen molar-refractivity contribution in [2.24, 2.45) is 5.92 Å². The molecule has 0 aliphatic heterocycles. The zero-order valence-electron chi connectivity index (χ0n) is 13.4. The van der Waals surface area contributed by atoms with Crippen LogP contribution in [0.3, 0.4) is 0 Å². The second-order valence-electron chi connectivity index (χ2n) is 5.86. The van der Waals surface area contributed by atoms with E-state index in [0.29, 0.717) is 17.5 Å². The Labute approximate surface area is 136 Å². The van der Waals surface area contributed by atoms with Crippen LogP contribution < -0.4 is 10.6 Å². The Morgan fingerprint density at radius 3 is 2.68 bits per heavy atom. The number of hydrogen-bond donors (Lipinski definition) is 2. The molecule has 3 nitrogen and oxygen atoms in total. The van der Waals surface area contributed by atoms with Gasteiger partial charge in [-0.25, -0.2) is 0 Å². The van der Waals surface area contributed by atoms with Crippen molar-refractivity contribution in [3.8, 4) is 0 Å². The average molecular weight is 316 g/mol. The number of nitrogens with one attached hydrogen (secondary N) is 2. The second kappa shape index (κ2) is 8.11. The maximum atomic E-state index is 11.7. The van der Waals surface area contributed by atoms with E-state index >= 15 is 0 Å². The molecule has 0 fully saturated rings. The highest BCUT2D eigenvalue weighted by atomic mass is 32.1. The first-order valence-corrected chi connectivity index (χ1v) is 8.56. The molecule has 1 atom stereocenters. The topological polar surface area (TPSA) is 41.1 Å². The van der Waals surface area contributed by atoms with Crippen LogP contribution in [0, 0.1) is 5.92 Å². The van der Waals surface area contributed by atoms with E-state index in [0.717, 1.165) is 18.5 Å². The standard InChI is InChI=1S/C18H24N2OS/c1-13(2)10-16(17-8-5-9-22-17)20-12-14-6-4-7-15(11-14)18(21)19-3/h4-9,11,13,16,20H,10,12H2,1-3H3,(H,19,21)/t16-/m0/s1. The molecule has 0 saturated heterocycles. The first-order valence-electron chi connectivity index (χ1n) is 7.68. The quantitative estimate of drug-likeness (QED) is 0.811. The Balaban J connectivity index is 2.04. The van der Waals surface area contributed by atoms with Gasteiger partial charge in [0, 0.05) is 30.1 Å². The van der Waals surface area contributed by atoms with Gasteiger partial charge in [-0.2, -0.15) is 0 Å². The van der Waals surface area contributed by atoms with E-state index < -0.39 is 0 Å². The summed E-state index contributed by atoms with van der Waals surface area (Å²) in [4.78, 5) is 13.1. The predicted molar refractivity (Wildman–Crippen MR) is 93.2 cm³/mol. The van der Waals surface area contributed by atoms with Gasteiger partial charge < -0.3 is 10.6 Å². The van der Waals surface area contributed by atoms with Crippen molar-refractivity contribution in [1.29, 1.82) is 0 Å². The second-order valence-corrected chi connectivity index (χ2v) is 6.84. The minimum absolute atomic E-state index is 0.0427. The largest absolute Gasteiger partial charge is 0.355 e. The predicted octanol–water partition coefficient (Wildman–Crippen LogP) is 3.98. The smallest absolute Gasteiger partial charge is 0.251 e. The Morgan fingerprint density at radius 2 is 2.05 bits per heavy atom. The summed E-state index contributed by atoms with van der Waals surface area (Å²) < 4.78 is 0. The summed E-state index contributed by atoms with van der Waals surface area (Å²) in [6.07, 6.45) is 1.11. The number of benzene rings is 1. The van der Waals surface area contributed by atoms with Crippen molar-refractivity contribution in [3.63, 3.8) is 0 Å². The van der Waals surface area contributed by atoms with Crippen LogP contribution in [-0.4, -0.2) is 13.0 Å². The van der Waals surface area contributed by atoms with Crippen LogP contribution in [0.25, 0.3) is 0 Å². The van der Waals surface area contributed by atoms with Crippen LogP contribution in [0.5, 0.6) is 0 Å². The molecule has 2 N–H and O–H groups in total. The van der Waals surface area contributed by atoms with Crippen molar-refractivity contribution in [2.75, 3.05) is 7.05 Å². The first-order chi connectivity index (χ1) is 10.6.